The van der Waals surface area contributed by atoms with Crippen LogP contribution in [0.4, 0.5) is 37.7 Å². The van der Waals surface area contributed by atoms with Crippen LogP contribution in [-0.4, -0.2) is 85.3 Å². The predicted molar refractivity (Wildman–Crippen MR) is 186 cm³/mol. The van der Waals surface area contributed by atoms with Crippen LogP contribution in [0.3, 0.4) is 0 Å². The number of halogens is 6. The summed E-state index contributed by atoms with van der Waals surface area (Å²) in [5, 5.41) is 2.58. The van der Waals surface area contributed by atoms with Gasteiger partial charge in [-0.25, -0.2) is 26.0 Å². The van der Waals surface area contributed by atoms with Gasteiger partial charge in [0, 0.05) is 24.2 Å². The van der Waals surface area contributed by atoms with E-state index in [9.17, 15) is 26.3 Å². The van der Waals surface area contributed by atoms with Gasteiger partial charge in [0.25, 0.3) is 10.7 Å². The van der Waals surface area contributed by atoms with Crippen LogP contribution in [0.25, 0.3) is 0 Å². The van der Waals surface area contributed by atoms with Crippen LogP contribution in [0.1, 0.15) is 111 Å². The molecule has 0 aliphatic heterocycles. The second-order valence-corrected chi connectivity index (χ2v) is 17.1. The molecule has 0 radical (unpaired) electrons. The summed E-state index contributed by atoms with van der Waals surface area (Å²) >= 11 is 0. The molecule has 0 amide bonds. The number of hydrogen-bond acceptors (Lipinski definition) is 9. The smallest absolute Gasteiger partial charge is 0.485 e. The van der Waals surface area contributed by atoms with E-state index in [0.29, 0.717) is 48.3 Å². The van der Waals surface area contributed by atoms with E-state index in [0.717, 1.165) is 11.5 Å². The Hall–Kier alpha value is -2.38. The van der Waals surface area contributed by atoms with E-state index >= 15 is 0 Å². The zero-order chi connectivity index (χ0) is 41.1. The SMILES string of the molecule is CC(C)N(c1c(Oc2c(N(C(C)C)C(C)C)c2=[N+](C(C)C)C(C)C)c1=[N+](C(C)C)C(C)C)C(C)C.O=S(=O)([O-])C(F)(F)F.O=S(=O)([O-])C(F)(F)F. The third kappa shape index (κ3) is 12.9. The quantitative estimate of drug-likeness (QED) is 0.114. The molecule has 0 fully saturated rings. The van der Waals surface area contributed by atoms with Crippen LogP contribution in [0.15, 0.2) is 0 Å². The number of alkyl halides is 6. The number of hydrogen-bond donors (Lipinski definition) is 0. The Morgan fingerprint density at radius 2 is 0.667 bits per heavy atom. The van der Waals surface area contributed by atoms with Gasteiger partial charge in [-0.05, 0) is 111 Å². The van der Waals surface area contributed by atoms with Crippen molar-refractivity contribution in [2.75, 3.05) is 9.80 Å². The van der Waals surface area contributed by atoms with Gasteiger partial charge in [-0.15, -0.1) is 0 Å². The van der Waals surface area contributed by atoms with E-state index in [1.54, 1.807) is 0 Å². The Labute approximate surface area is 299 Å². The molecule has 300 valence electrons. The molecular formula is C32H56F6N4O7S2. The van der Waals surface area contributed by atoms with Crippen molar-refractivity contribution >= 4 is 31.6 Å². The third-order valence-electron chi connectivity index (χ3n) is 7.44. The number of nitrogens with zero attached hydrogens (tertiary/aromatic N) is 4. The summed E-state index contributed by atoms with van der Waals surface area (Å²) < 4.78 is 130. The first-order valence-corrected chi connectivity index (χ1v) is 19.5. The molecule has 0 aliphatic carbocycles. The fraction of sp³-hybridized carbons (Fsp3) is 0.812. The normalized spacial score (nSPS) is 13.3. The zero-order valence-corrected chi connectivity index (χ0v) is 34.0. The Bertz CT molecular complexity index is 1530. The van der Waals surface area contributed by atoms with Crippen LogP contribution in [0.5, 0.6) is 11.5 Å². The van der Waals surface area contributed by atoms with Gasteiger partial charge in [-0.1, -0.05) is 0 Å². The van der Waals surface area contributed by atoms with Crippen LogP contribution in [0.2, 0.25) is 0 Å². The minimum absolute atomic E-state index is 0.407. The van der Waals surface area contributed by atoms with Gasteiger partial charge < -0.3 is 23.6 Å². The second kappa shape index (κ2) is 17.6. The van der Waals surface area contributed by atoms with Crippen molar-refractivity contribution in [3.8, 4) is 11.5 Å². The highest BCUT2D eigenvalue weighted by Gasteiger charge is 2.46. The lowest BCUT2D eigenvalue weighted by Crippen LogP contribution is -2.41. The largest absolute Gasteiger partial charge is 0.741 e. The van der Waals surface area contributed by atoms with Gasteiger partial charge in [-0.3, -0.25) is 0 Å². The predicted octanol–water partition coefficient (Wildman–Crippen LogP) is 5.76. The summed E-state index contributed by atoms with van der Waals surface area (Å²) in [7, 11) is -12.2. The molecule has 0 spiro atoms. The number of anilines is 2. The van der Waals surface area contributed by atoms with Crippen molar-refractivity contribution in [3.05, 3.63) is 10.7 Å². The molecule has 0 saturated carbocycles. The summed E-state index contributed by atoms with van der Waals surface area (Å²) in [5.74, 6) is 2.13. The van der Waals surface area contributed by atoms with Gasteiger partial charge in [-0.2, -0.15) is 26.3 Å². The number of rotatable bonds is 12. The molecule has 0 aliphatic rings. The number of ether oxygens (including phenoxy) is 1. The summed E-state index contributed by atoms with van der Waals surface area (Å²) in [6.07, 6.45) is 0. The highest BCUT2D eigenvalue weighted by atomic mass is 32.2. The van der Waals surface area contributed by atoms with Crippen LogP contribution in [0, 0.1) is 0 Å². The topological polar surface area (TPSA) is 136 Å². The van der Waals surface area contributed by atoms with Gasteiger partial charge in [0.1, 0.15) is 24.2 Å². The molecule has 0 unspecified atom stereocenters. The van der Waals surface area contributed by atoms with E-state index in [1.807, 2.05) is 0 Å². The Morgan fingerprint density at radius 3 is 0.784 bits per heavy atom. The maximum Gasteiger partial charge on any atom is 0.485 e. The fourth-order valence-corrected chi connectivity index (χ4v) is 6.01. The molecule has 0 heterocycles. The maximum atomic E-state index is 10.7. The lowest BCUT2D eigenvalue weighted by molar-refractivity contribution is -0.0522. The highest BCUT2D eigenvalue weighted by Crippen LogP contribution is 2.43. The first-order valence-electron chi connectivity index (χ1n) is 16.6. The standard InChI is InChI=1S/C30H56N4O.2CHF3O3S/c1-17(2)31(18(3)4)25-26(32(19(5)6)20(7)8)29(25)35-30-27(33(21(9)10)22(11)12)28(30)34(23(13)14)24(15)16;2*2-1(3,4)8(5,6)7/h17-24H,1-16H3;2*(H,5,6,7)/q+2;;/p-2. The lowest BCUT2D eigenvalue weighted by atomic mass is 10.2. The summed E-state index contributed by atoms with van der Waals surface area (Å²) in [6, 6.07) is 3.25. The van der Waals surface area contributed by atoms with Crippen molar-refractivity contribution in [1.29, 1.82) is 0 Å². The van der Waals surface area contributed by atoms with E-state index in [1.165, 1.54) is 22.1 Å². The van der Waals surface area contributed by atoms with E-state index in [-0.39, 0.29) is 0 Å². The minimum atomic E-state index is -6.09. The van der Waals surface area contributed by atoms with Crippen molar-refractivity contribution in [3.63, 3.8) is 0 Å². The van der Waals surface area contributed by atoms with E-state index in [2.05, 4.69) is 130 Å². The monoisotopic (exact) mass is 786 g/mol. The molecule has 0 saturated heterocycles. The lowest BCUT2D eigenvalue weighted by Gasteiger charge is -2.29. The molecule has 2 aromatic carbocycles. The molecule has 0 atom stereocenters. The zero-order valence-electron chi connectivity index (χ0n) is 32.3. The van der Waals surface area contributed by atoms with Crippen LogP contribution < -0.4 is 34.4 Å². The average molecular weight is 787 g/mol. The third-order valence-corrected chi connectivity index (χ3v) is 8.57. The Balaban J connectivity index is 0.00000129. The fourth-order valence-electron chi connectivity index (χ4n) is 6.01. The van der Waals surface area contributed by atoms with Crippen LogP contribution >= 0.6 is 0 Å². The highest BCUT2D eigenvalue weighted by molar-refractivity contribution is 7.86. The van der Waals surface area contributed by atoms with E-state index < -0.39 is 31.3 Å². The van der Waals surface area contributed by atoms with Gasteiger partial charge in [0.15, 0.2) is 31.6 Å². The van der Waals surface area contributed by atoms with Crippen molar-refractivity contribution in [2.45, 2.75) is 170 Å². The molecule has 0 bridgehead atoms. The van der Waals surface area contributed by atoms with Gasteiger partial charge in [0.05, 0.1) is 0 Å². The molecule has 2 aromatic rings. The summed E-state index contributed by atoms with van der Waals surface area (Å²) in [4.78, 5) is 5.05. The molecule has 11 nitrogen and oxygen atoms in total. The van der Waals surface area contributed by atoms with Gasteiger partial charge >= 0.3 is 11.0 Å². The molecule has 51 heavy (non-hydrogen) atoms. The Morgan fingerprint density at radius 1 is 0.490 bits per heavy atom. The molecule has 0 N–H and O–H groups in total. The average Bonchev–Trinajstić information content (AvgIpc) is 3.72. The van der Waals surface area contributed by atoms with Gasteiger partial charge in [0.2, 0.25) is 11.5 Å². The summed E-state index contributed by atoms with van der Waals surface area (Å²) in [6.45, 7) is 36.6. The van der Waals surface area contributed by atoms with Crippen molar-refractivity contribution in [1.82, 2.24) is 9.15 Å². The molecule has 19 heteroatoms. The van der Waals surface area contributed by atoms with Crippen molar-refractivity contribution in [2.24, 2.45) is 0 Å². The van der Waals surface area contributed by atoms with E-state index in [4.69, 9.17) is 30.7 Å². The first kappa shape index (κ1) is 48.6. The molecule has 2 rings (SSSR count). The first-order chi connectivity index (χ1) is 22.6. The Kier molecular flexibility index (Phi) is 16.8. The molecule has 0 aromatic heterocycles. The molecular weight excluding hydrogens is 730 g/mol. The van der Waals surface area contributed by atoms with Crippen LogP contribution in [-0.2, 0) is 20.2 Å². The maximum absolute atomic E-state index is 10.7. The van der Waals surface area contributed by atoms with Crippen molar-refractivity contribution < 1.29 is 57.0 Å². The summed E-state index contributed by atoms with van der Waals surface area (Å²) in [5.41, 5.74) is -8.71. The second-order valence-electron chi connectivity index (χ2n) is 14.3. The minimum Gasteiger partial charge on any atom is -0.741 e.